The average molecular weight is 334 g/mol. The van der Waals surface area contributed by atoms with Gasteiger partial charge in [0.1, 0.15) is 0 Å². The minimum atomic E-state index is -0.334. The number of amides is 1. The van der Waals surface area contributed by atoms with Crippen LogP contribution in [-0.4, -0.2) is 10.9 Å². The molecule has 120 valence electrons. The predicted octanol–water partition coefficient (Wildman–Crippen LogP) is 4.26. The van der Waals surface area contributed by atoms with Crippen LogP contribution in [0.3, 0.4) is 0 Å². The summed E-state index contributed by atoms with van der Waals surface area (Å²) in [6.45, 7) is 2.18. The molecule has 2 atom stereocenters. The predicted molar refractivity (Wildman–Crippen MR) is 97.3 cm³/mol. The van der Waals surface area contributed by atoms with Crippen LogP contribution in [0.5, 0.6) is 0 Å². The Morgan fingerprint density at radius 2 is 1.92 bits per heavy atom. The molecule has 0 fully saturated rings. The fraction of sp³-hybridized carbons (Fsp3) is 0.200. The highest BCUT2D eigenvalue weighted by molar-refractivity contribution is 7.13. The van der Waals surface area contributed by atoms with Crippen molar-refractivity contribution in [3.05, 3.63) is 82.9 Å². The summed E-state index contributed by atoms with van der Waals surface area (Å²) in [5.41, 5.74) is 3.34. The summed E-state index contributed by atoms with van der Waals surface area (Å²) in [6, 6.07) is 18.7. The number of nitrogens with one attached hydrogen (secondary N) is 1. The van der Waals surface area contributed by atoms with E-state index in [0.29, 0.717) is 5.13 Å². The SMILES string of the molecule is CC1(c2ccccc2)c2ccccc2CC1C(=O)Nc1nccs1. The zero-order chi connectivity index (χ0) is 16.6. The van der Waals surface area contributed by atoms with Crippen molar-refractivity contribution in [2.24, 2.45) is 5.92 Å². The molecule has 0 radical (unpaired) electrons. The van der Waals surface area contributed by atoms with Crippen LogP contribution >= 0.6 is 11.3 Å². The van der Waals surface area contributed by atoms with Gasteiger partial charge in [-0.15, -0.1) is 11.3 Å². The quantitative estimate of drug-likeness (QED) is 0.777. The molecule has 0 saturated heterocycles. The zero-order valence-corrected chi connectivity index (χ0v) is 14.2. The fourth-order valence-electron chi connectivity index (χ4n) is 3.79. The largest absolute Gasteiger partial charge is 0.302 e. The second kappa shape index (κ2) is 5.87. The molecule has 24 heavy (non-hydrogen) atoms. The number of hydrogen-bond acceptors (Lipinski definition) is 3. The molecule has 4 heteroatoms. The van der Waals surface area contributed by atoms with Crippen molar-refractivity contribution >= 4 is 22.4 Å². The second-order valence-corrected chi connectivity index (χ2v) is 7.20. The van der Waals surface area contributed by atoms with Gasteiger partial charge in [-0.1, -0.05) is 61.5 Å². The summed E-state index contributed by atoms with van der Waals surface area (Å²) in [5, 5.41) is 5.52. The smallest absolute Gasteiger partial charge is 0.230 e. The Kier molecular flexibility index (Phi) is 3.69. The lowest BCUT2D eigenvalue weighted by molar-refractivity contribution is -0.121. The Morgan fingerprint density at radius 3 is 2.67 bits per heavy atom. The maximum atomic E-state index is 13.0. The van der Waals surface area contributed by atoms with Crippen LogP contribution in [-0.2, 0) is 16.6 Å². The molecule has 0 aliphatic heterocycles. The van der Waals surface area contributed by atoms with E-state index in [2.05, 4.69) is 47.6 Å². The number of anilines is 1. The van der Waals surface area contributed by atoms with E-state index in [4.69, 9.17) is 0 Å². The Balaban J connectivity index is 1.78. The summed E-state index contributed by atoms with van der Waals surface area (Å²) in [4.78, 5) is 17.2. The normalized spacial score (nSPS) is 22.1. The van der Waals surface area contributed by atoms with Crippen LogP contribution in [0.2, 0.25) is 0 Å². The molecule has 3 nitrogen and oxygen atoms in total. The van der Waals surface area contributed by atoms with Gasteiger partial charge >= 0.3 is 0 Å². The number of rotatable bonds is 3. The molecule has 4 rings (SSSR count). The van der Waals surface area contributed by atoms with Crippen LogP contribution in [0.25, 0.3) is 0 Å². The van der Waals surface area contributed by atoms with E-state index in [1.165, 1.54) is 28.0 Å². The van der Waals surface area contributed by atoms with Crippen molar-refractivity contribution in [3.8, 4) is 0 Å². The molecule has 1 aromatic heterocycles. The van der Waals surface area contributed by atoms with Crippen LogP contribution in [0, 0.1) is 5.92 Å². The van der Waals surface area contributed by atoms with Gasteiger partial charge in [0.2, 0.25) is 5.91 Å². The standard InChI is InChI=1S/C20H18N2OS/c1-20(15-8-3-2-4-9-15)16-10-6-5-7-14(16)13-17(20)18(23)22-19-21-11-12-24-19/h2-12,17H,13H2,1H3,(H,21,22,23). The average Bonchev–Trinajstić information content (AvgIpc) is 3.23. The van der Waals surface area contributed by atoms with E-state index < -0.39 is 0 Å². The highest BCUT2D eigenvalue weighted by Crippen LogP contribution is 2.48. The molecule has 1 heterocycles. The summed E-state index contributed by atoms with van der Waals surface area (Å²) < 4.78 is 0. The summed E-state index contributed by atoms with van der Waals surface area (Å²) in [7, 11) is 0. The minimum absolute atomic E-state index is 0.0347. The molecule has 1 aliphatic carbocycles. The monoisotopic (exact) mass is 334 g/mol. The van der Waals surface area contributed by atoms with Gasteiger partial charge in [-0.2, -0.15) is 0 Å². The molecular formula is C20H18N2OS. The van der Waals surface area contributed by atoms with Crippen molar-refractivity contribution in [2.45, 2.75) is 18.8 Å². The number of fused-ring (bicyclic) bond motifs is 1. The third-order valence-corrected chi connectivity index (χ3v) is 5.74. The highest BCUT2D eigenvalue weighted by Gasteiger charge is 2.47. The van der Waals surface area contributed by atoms with E-state index in [-0.39, 0.29) is 17.2 Å². The van der Waals surface area contributed by atoms with Gasteiger partial charge in [-0.25, -0.2) is 4.98 Å². The molecule has 1 aliphatic rings. The molecule has 3 aromatic rings. The van der Waals surface area contributed by atoms with Gasteiger partial charge in [0.25, 0.3) is 0 Å². The molecule has 1 amide bonds. The van der Waals surface area contributed by atoms with E-state index in [9.17, 15) is 4.79 Å². The number of thiazole rings is 1. The molecule has 0 spiro atoms. The third-order valence-electron chi connectivity index (χ3n) is 5.05. The van der Waals surface area contributed by atoms with Crippen LogP contribution in [0.4, 0.5) is 5.13 Å². The minimum Gasteiger partial charge on any atom is -0.302 e. The first-order valence-electron chi connectivity index (χ1n) is 8.04. The van der Waals surface area contributed by atoms with Gasteiger partial charge in [-0.3, -0.25) is 4.79 Å². The number of benzene rings is 2. The Bertz CT molecular complexity index is 860. The Labute approximate surface area is 145 Å². The summed E-state index contributed by atoms with van der Waals surface area (Å²) in [5.74, 6) is -0.117. The van der Waals surface area contributed by atoms with Gasteiger partial charge < -0.3 is 5.32 Å². The number of carbonyl (C=O) groups excluding carboxylic acids is 1. The van der Waals surface area contributed by atoms with Crippen LogP contribution in [0.1, 0.15) is 23.6 Å². The number of aromatic nitrogens is 1. The van der Waals surface area contributed by atoms with Crippen molar-refractivity contribution in [1.29, 1.82) is 0 Å². The van der Waals surface area contributed by atoms with Crippen molar-refractivity contribution in [1.82, 2.24) is 4.98 Å². The van der Waals surface area contributed by atoms with Gasteiger partial charge in [0.05, 0.1) is 5.92 Å². The second-order valence-electron chi connectivity index (χ2n) is 6.31. The number of carbonyl (C=O) groups is 1. The fourth-order valence-corrected chi connectivity index (χ4v) is 4.32. The van der Waals surface area contributed by atoms with Crippen molar-refractivity contribution in [3.63, 3.8) is 0 Å². The van der Waals surface area contributed by atoms with E-state index in [1.54, 1.807) is 6.20 Å². The van der Waals surface area contributed by atoms with E-state index in [1.807, 2.05) is 29.6 Å². The first-order chi connectivity index (χ1) is 11.7. The summed E-state index contributed by atoms with van der Waals surface area (Å²) in [6.07, 6.45) is 2.46. The molecule has 2 unspecified atom stereocenters. The molecule has 2 aromatic carbocycles. The Hall–Kier alpha value is -2.46. The summed E-state index contributed by atoms with van der Waals surface area (Å²) >= 11 is 1.45. The van der Waals surface area contributed by atoms with Crippen molar-refractivity contribution in [2.75, 3.05) is 5.32 Å². The lowest BCUT2D eigenvalue weighted by Crippen LogP contribution is -2.38. The molecule has 0 bridgehead atoms. The van der Waals surface area contributed by atoms with Gasteiger partial charge in [-0.05, 0) is 23.1 Å². The van der Waals surface area contributed by atoms with Gasteiger partial charge in [0.15, 0.2) is 5.13 Å². The topological polar surface area (TPSA) is 42.0 Å². The molecule has 1 N–H and O–H groups in total. The van der Waals surface area contributed by atoms with E-state index >= 15 is 0 Å². The van der Waals surface area contributed by atoms with Crippen LogP contribution in [0.15, 0.2) is 66.2 Å². The highest BCUT2D eigenvalue weighted by atomic mass is 32.1. The van der Waals surface area contributed by atoms with E-state index in [0.717, 1.165) is 6.42 Å². The van der Waals surface area contributed by atoms with Crippen LogP contribution < -0.4 is 5.32 Å². The lowest BCUT2D eigenvalue weighted by Gasteiger charge is -2.32. The zero-order valence-electron chi connectivity index (χ0n) is 13.4. The lowest BCUT2D eigenvalue weighted by atomic mass is 9.71. The molecular weight excluding hydrogens is 316 g/mol. The number of hydrogen-bond donors (Lipinski definition) is 1. The maximum absolute atomic E-state index is 13.0. The number of nitrogens with zero attached hydrogens (tertiary/aromatic N) is 1. The van der Waals surface area contributed by atoms with Gasteiger partial charge in [0, 0.05) is 17.0 Å². The Morgan fingerprint density at radius 1 is 1.17 bits per heavy atom. The first-order valence-corrected chi connectivity index (χ1v) is 8.92. The maximum Gasteiger partial charge on any atom is 0.230 e. The third kappa shape index (κ3) is 2.34. The molecule has 0 saturated carbocycles. The van der Waals surface area contributed by atoms with Crippen molar-refractivity contribution < 1.29 is 4.79 Å². The first kappa shape index (κ1) is 15.1.